The lowest BCUT2D eigenvalue weighted by molar-refractivity contribution is -0.123. The van der Waals surface area contributed by atoms with Gasteiger partial charge >= 0.3 is 0 Å². The SMILES string of the molecule is CCOc1cc(/C=C2\SC(=S)N([C@@H](C)c3ccccc3)C2=O)ccc1OCC(=O)Nc1ccc(F)cc1. The van der Waals surface area contributed by atoms with Gasteiger partial charge in [-0.2, -0.15) is 0 Å². The topological polar surface area (TPSA) is 67.9 Å². The van der Waals surface area contributed by atoms with Crippen molar-refractivity contribution in [3.8, 4) is 11.5 Å². The number of carbonyl (C=O) groups excluding carboxylic acids is 2. The number of ether oxygens (including phenoxy) is 2. The monoisotopic (exact) mass is 536 g/mol. The van der Waals surface area contributed by atoms with Gasteiger partial charge in [0.2, 0.25) is 0 Å². The van der Waals surface area contributed by atoms with Crippen LogP contribution < -0.4 is 14.8 Å². The lowest BCUT2D eigenvalue weighted by Crippen LogP contribution is -2.30. The van der Waals surface area contributed by atoms with Crippen LogP contribution in [0.5, 0.6) is 11.5 Å². The lowest BCUT2D eigenvalue weighted by Gasteiger charge is -2.23. The first-order chi connectivity index (χ1) is 17.9. The maximum atomic E-state index is 13.2. The van der Waals surface area contributed by atoms with Crippen LogP contribution >= 0.6 is 24.0 Å². The normalized spacial score (nSPS) is 15.1. The van der Waals surface area contributed by atoms with E-state index in [0.29, 0.717) is 33.0 Å². The molecule has 3 aromatic carbocycles. The van der Waals surface area contributed by atoms with E-state index < -0.39 is 5.91 Å². The van der Waals surface area contributed by atoms with Crippen LogP contribution in [0.3, 0.4) is 0 Å². The zero-order valence-electron chi connectivity index (χ0n) is 20.3. The zero-order chi connectivity index (χ0) is 26.4. The summed E-state index contributed by atoms with van der Waals surface area (Å²) in [5, 5.41) is 2.65. The van der Waals surface area contributed by atoms with Gasteiger partial charge in [-0.3, -0.25) is 14.5 Å². The van der Waals surface area contributed by atoms with Crippen molar-refractivity contribution in [1.82, 2.24) is 4.90 Å². The number of hydrogen-bond acceptors (Lipinski definition) is 6. The summed E-state index contributed by atoms with van der Waals surface area (Å²) in [5.74, 6) is -0.0995. The molecule has 2 amide bonds. The minimum absolute atomic E-state index is 0.151. The highest BCUT2D eigenvalue weighted by Crippen LogP contribution is 2.39. The first-order valence-electron chi connectivity index (χ1n) is 11.6. The quantitative estimate of drug-likeness (QED) is 0.259. The minimum Gasteiger partial charge on any atom is -0.490 e. The summed E-state index contributed by atoms with van der Waals surface area (Å²) in [5.41, 5.74) is 2.21. The number of amides is 2. The Balaban J connectivity index is 1.46. The van der Waals surface area contributed by atoms with Crippen molar-refractivity contribution in [3.05, 3.63) is 94.6 Å². The van der Waals surface area contributed by atoms with E-state index in [1.54, 1.807) is 29.2 Å². The molecule has 37 heavy (non-hydrogen) atoms. The van der Waals surface area contributed by atoms with Crippen LogP contribution in [0.25, 0.3) is 6.08 Å². The Morgan fingerprint density at radius 2 is 1.81 bits per heavy atom. The Labute approximate surface area is 224 Å². The molecule has 0 radical (unpaired) electrons. The maximum absolute atomic E-state index is 13.2. The average Bonchev–Trinajstić information content (AvgIpc) is 3.17. The Morgan fingerprint density at radius 1 is 1.08 bits per heavy atom. The predicted octanol–water partition coefficient (Wildman–Crippen LogP) is 6.20. The molecule has 0 unspecified atom stereocenters. The van der Waals surface area contributed by atoms with Crippen molar-refractivity contribution >= 4 is 51.9 Å². The number of rotatable bonds is 9. The van der Waals surface area contributed by atoms with Gasteiger partial charge in [0.15, 0.2) is 18.1 Å². The number of thiocarbonyl (C=S) groups is 1. The molecule has 0 aliphatic carbocycles. The van der Waals surface area contributed by atoms with Crippen molar-refractivity contribution in [1.29, 1.82) is 0 Å². The fraction of sp³-hybridized carbons (Fsp3) is 0.179. The number of nitrogens with zero attached hydrogens (tertiary/aromatic N) is 1. The van der Waals surface area contributed by atoms with Gasteiger partial charge in [0.25, 0.3) is 11.8 Å². The van der Waals surface area contributed by atoms with E-state index in [-0.39, 0.29) is 24.4 Å². The molecule has 0 spiro atoms. The second-order valence-corrected chi connectivity index (χ2v) is 9.80. The zero-order valence-corrected chi connectivity index (χ0v) is 21.9. The summed E-state index contributed by atoms with van der Waals surface area (Å²) >= 11 is 6.77. The van der Waals surface area contributed by atoms with E-state index in [9.17, 15) is 14.0 Å². The molecular formula is C28H25FN2O4S2. The Bertz CT molecular complexity index is 1330. The van der Waals surface area contributed by atoms with Gasteiger partial charge in [0.05, 0.1) is 17.6 Å². The van der Waals surface area contributed by atoms with Crippen LogP contribution in [-0.4, -0.2) is 34.2 Å². The number of hydrogen-bond donors (Lipinski definition) is 1. The first kappa shape index (κ1) is 26.4. The summed E-state index contributed by atoms with van der Waals surface area (Å²) in [6.07, 6.45) is 1.77. The molecule has 0 bridgehead atoms. The fourth-order valence-corrected chi connectivity index (χ4v) is 5.14. The molecule has 1 aliphatic heterocycles. The van der Waals surface area contributed by atoms with E-state index >= 15 is 0 Å². The van der Waals surface area contributed by atoms with Gasteiger partial charge < -0.3 is 14.8 Å². The fourth-order valence-electron chi connectivity index (χ4n) is 3.72. The van der Waals surface area contributed by atoms with E-state index in [2.05, 4.69) is 5.32 Å². The summed E-state index contributed by atoms with van der Waals surface area (Å²) in [6.45, 7) is 3.92. The van der Waals surface area contributed by atoms with Gasteiger partial charge in [-0.15, -0.1) is 0 Å². The number of anilines is 1. The molecule has 0 aromatic heterocycles. The van der Waals surface area contributed by atoms with Crippen LogP contribution in [-0.2, 0) is 9.59 Å². The summed E-state index contributed by atoms with van der Waals surface area (Å²) in [4.78, 5) is 27.6. The number of nitrogens with one attached hydrogen (secondary N) is 1. The third-order valence-corrected chi connectivity index (χ3v) is 6.88. The van der Waals surface area contributed by atoms with Crippen molar-refractivity contribution in [2.24, 2.45) is 0 Å². The highest BCUT2D eigenvalue weighted by molar-refractivity contribution is 8.26. The Kier molecular flexibility index (Phi) is 8.58. The summed E-state index contributed by atoms with van der Waals surface area (Å²) in [7, 11) is 0. The van der Waals surface area contributed by atoms with Crippen LogP contribution in [0.1, 0.15) is 31.0 Å². The van der Waals surface area contributed by atoms with Gasteiger partial charge in [-0.1, -0.05) is 60.4 Å². The molecule has 190 valence electrons. The van der Waals surface area contributed by atoms with Crippen molar-refractivity contribution < 1.29 is 23.5 Å². The van der Waals surface area contributed by atoms with Crippen molar-refractivity contribution in [2.75, 3.05) is 18.5 Å². The smallest absolute Gasteiger partial charge is 0.266 e. The van der Waals surface area contributed by atoms with Gasteiger partial charge in [-0.25, -0.2) is 4.39 Å². The molecule has 0 saturated carbocycles. The molecular weight excluding hydrogens is 511 g/mol. The van der Waals surface area contributed by atoms with Crippen molar-refractivity contribution in [3.63, 3.8) is 0 Å². The van der Waals surface area contributed by atoms with E-state index in [0.717, 1.165) is 11.1 Å². The number of halogens is 1. The van der Waals surface area contributed by atoms with E-state index in [1.807, 2.05) is 44.2 Å². The molecule has 1 aliphatic rings. The van der Waals surface area contributed by atoms with Crippen LogP contribution in [0.4, 0.5) is 10.1 Å². The second kappa shape index (κ2) is 12.0. The lowest BCUT2D eigenvalue weighted by atomic mass is 10.1. The molecule has 1 fully saturated rings. The Hall–Kier alpha value is -3.69. The number of thioether (sulfide) groups is 1. The first-order valence-corrected chi connectivity index (χ1v) is 12.8. The average molecular weight is 537 g/mol. The van der Waals surface area contributed by atoms with E-state index in [1.165, 1.54) is 36.0 Å². The molecule has 9 heteroatoms. The standard InChI is InChI=1S/C28H25FN2O4S2/c1-3-34-24-15-19(9-14-23(24)35-17-26(32)30-22-12-10-21(29)11-13-22)16-25-27(33)31(28(36)37-25)18(2)20-7-5-4-6-8-20/h4-16,18H,3,17H2,1-2H3,(H,30,32)/b25-16-/t18-/m0/s1. The molecule has 1 saturated heterocycles. The predicted molar refractivity (Wildman–Crippen MR) is 148 cm³/mol. The highest BCUT2D eigenvalue weighted by atomic mass is 32.2. The number of carbonyl (C=O) groups is 2. The number of benzene rings is 3. The molecule has 1 atom stereocenters. The van der Waals surface area contributed by atoms with Gasteiger partial charge in [-0.05, 0) is 67.4 Å². The molecule has 1 heterocycles. The third kappa shape index (κ3) is 6.55. The van der Waals surface area contributed by atoms with Crippen molar-refractivity contribution in [2.45, 2.75) is 19.9 Å². The summed E-state index contributed by atoms with van der Waals surface area (Å²) < 4.78 is 24.9. The van der Waals surface area contributed by atoms with Crippen LogP contribution in [0.15, 0.2) is 77.7 Å². The van der Waals surface area contributed by atoms with E-state index in [4.69, 9.17) is 21.7 Å². The minimum atomic E-state index is -0.394. The Morgan fingerprint density at radius 3 is 2.51 bits per heavy atom. The second-order valence-electron chi connectivity index (χ2n) is 8.12. The summed E-state index contributed by atoms with van der Waals surface area (Å²) in [6, 6.07) is 20.2. The third-order valence-electron chi connectivity index (χ3n) is 5.54. The highest BCUT2D eigenvalue weighted by Gasteiger charge is 2.35. The molecule has 1 N–H and O–H groups in total. The van der Waals surface area contributed by atoms with Crippen LogP contribution in [0, 0.1) is 5.82 Å². The van der Waals surface area contributed by atoms with Gasteiger partial charge in [0.1, 0.15) is 10.1 Å². The maximum Gasteiger partial charge on any atom is 0.266 e. The molecule has 6 nitrogen and oxygen atoms in total. The molecule has 4 rings (SSSR count). The van der Waals surface area contributed by atoms with Gasteiger partial charge in [0, 0.05) is 5.69 Å². The van der Waals surface area contributed by atoms with Crippen LogP contribution in [0.2, 0.25) is 0 Å². The largest absolute Gasteiger partial charge is 0.490 e. The molecule has 3 aromatic rings.